The van der Waals surface area contributed by atoms with E-state index >= 15 is 0 Å². The number of benzene rings is 2. The highest BCUT2D eigenvalue weighted by Gasteiger charge is 2.46. The maximum absolute atomic E-state index is 13.2. The molecule has 3 aromatic rings. The summed E-state index contributed by atoms with van der Waals surface area (Å²) < 4.78 is 0. The quantitative estimate of drug-likeness (QED) is 0.629. The minimum atomic E-state index is -0.664. The molecule has 1 saturated heterocycles. The fourth-order valence-electron chi connectivity index (χ4n) is 4.40. The third-order valence-corrected chi connectivity index (χ3v) is 6.07. The molecule has 0 bridgehead atoms. The molecule has 3 N–H and O–H groups in total. The first kappa shape index (κ1) is 21.6. The van der Waals surface area contributed by atoms with Crippen LogP contribution in [0.1, 0.15) is 29.3 Å². The monoisotopic (exact) mass is 428 g/mol. The van der Waals surface area contributed by atoms with Gasteiger partial charge in [0, 0.05) is 25.8 Å². The van der Waals surface area contributed by atoms with Crippen molar-refractivity contribution in [2.75, 3.05) is 25.4 Å². The van der Waals surface area contributed by atoms with E-state index in [0.717, 1.165) is 16.7 Å². The molecular formula is C26H28N4O2. The van der Waals surface area contributed by atoms with Gasteiger partial charge in [0.05, 0.1) is 11.0 Å². The molecule has 6 nitrogen and oxygen atoms in total. The van der Waals surface area contributed by atoms with Crippen LogP contribution in [0.15, 0.2) is 72.9 Å². The van der Waals surface area contributed by atoms with Crippen LogP contribution in [-0.4, -0.2) is 41.3 Å². The highest BCUT2D eigenvalue weighted by atomic mass is 16.2. The lowest BCUT2D eigenvalue weighted by atomic mass is 9.79. The van der Waals surface area contributed by atoms with E-state index in [1.165, 1.54) is 6.20 Å². The van der Waals surface area contributed by atoms with Gasteiger partial charge in [-0.05, 0) is 48.6 Å². The first-order valence-corrected chi connectivity index (χ1v) is 10.9. The van der Waals surface area contributed by atoms with E-state index < -0.39 is 5.41 Å². The minimum Gasteiger partial charge on any atom is -0.384 e. The maximum Gasteiger partial charge on any atom is 0.255 e. The van der Waals surface area contributed by atoms with Crippen molar-refractivity contribution in [3.8, 4) is 11.1 Å². The SMILES string of the molecule is CCNC(=O)[C@@]1(Cc2cccc(-c3ccccc3)c2)CCN(C(=O)c2ccc(N)nc2)C1. The predicted molar refractivity (Wildman–Crippen MR) is 126 cm³/mol. The van der Waals surface area contributed by atoms with Crippen LogP contribution in [0.4, 0.5) is 5.82 Å². The van der Waals surface area contributed by atoms with Gasteiger partial charge in [-0.1, -0.05) is 54.6 Å². The second kappa shape index (κ2) is 9.22. The minimum absolute atomic E-state index is 0.00385. The summed E-state index contributed by atoms with van der Waals surface area (Å²) in [6.45, 7) is 3.37. The number of nitrogens with zero attached hydrogens (tertiary/aromatic N) is 2. The van der Waals surface area contributed by atoms with Gasteiger partial charge in [-0.3, -0.25) is 9.59 Å². The summed E-state index contributed by atoms with van der Waals surface area (Å²) in [4.78, 5) is 32.0. The van der Waals surface area contributed by atoms with Crippen molar-refractivity contribution >= 4 is 17.6 Å². The molecule has 0 unspecified atom stereocenters. The topological polar surface area (TPSA) is 88.3 Å². The van der Waals surface area contributed by atoms with E-state index in [4.69, 9.17) is 5.73 Å². The number of anilines is 1. The average Bonchev–Trinajstić information content (AvgIpc) is 3.25. The molecule has 2 heterocycles. The lowest BCUT2D eigenvalue weighted by Crippen LogP contribution is -2.45. The van der Waals surface area contributed by atoms with E-state index in [9.17, 15) is 9.59 Å². The first-order valence-electron chi connectivity index (χ1n) is 10.9. The van der Waals surface area contributed by atoms with Gasteiger partial charge in [-0.25, -0.2) is 4.98 Å². The molecule has 0 aliphatic carbocycles. The highest BCUT2D eigenvalue weighted by molar-refractivity contribution is 5.95. The first-order chi connectivity index (χ1) is 15.5. The number of hydrogen-bond acceptors (Lipinski definition) is 4. The number of hydrogen-bond donors (Lipinski definition) is 2. The zero-order chi connectivity index (χ0) is 22.6. The fourth-order valence-corrected chi connectivity index (χ4v) is 4.40. The van der Waals surface area contributed by atoms with Crippen LogP contribution < -0.4 is 11.1 Å². The van der Waals surface area contributed by atoms with E-state index in [1.807, 2.05) is 31.2 Å². The molecule has 1 aliphatic heterocycles. The lowest BCUT2D eigenvalue weighted by molar-refractivity contribution is -0.130. The number of nitrogens with one attached hydrogen (secondary N) is 1. The molecule has 1 aromatic heterocycles. The third-order valence-electron chi connectivity index (χ3n) is 6.07. The number of pyridine rings is 1. The van der Waals surface area contributed by atoms with Crippen LogP contribution in [-0.2, 0) is 11.2 Å². The highest BCUT2D eigenvalue weighted by Crippen LogP contribution is 2.36. The van der Waals surface area contributed by atoms with E-state index in [1.54, 1.807) is 17.0 Å². The van der Waals surface area contributed by atoms with Crippen LogP contribution in [0.2, 0.25) is 0 Å². The van der Waals surface area contributed by atoms with E-state index in [2.05, 4.69) is 40.6 Å². The van der Waals surface area contributed by atoms with Gasteiger partial charge in [-0.15, -0.1) is 0 Å². The van der Waals surface area contributed by atoms with Gasteiger partial charge >= 0.3 is 0 Å². The number of carbonyl (C=O) groups excluding carboxylic acids is 2. The molecule has 2 amide bonds. The van der Waals surface area contributed by atoms with Crippen LogP contribution in [0.3, 0.4) is 0 Å². The van der Waals surface area contributed by atoms with Gasteiger partial charge in [0.15, 0.2) is 0 Å². The molecule has 1 atom stereocenters. The number of nitrogen functional groups attached to an aromatic ring is 1. The number of likely N-dealkylation sites (tertiary alicyclic amines) is 1. The number of rotatable bonds is 6. The van der Waals surface area contributed by atoms with Gasteiger partial charge in [0.1, 0.15) is 5.82 Å². The Morgan fingerprint density at radius 3 is 2.56 bits per heavy atom. The summed E-state index contributed by atoms with van der Waals surface area (Å²) in [6.07, 6.45) is 2.68. The summed E-state index contributed by atoms with van der Waals surface area (Å²) in [5.41, 5.74) is 8.81. The Morgan fingerprint density at radius 2 is 1.84 bits per heavy atom. The van der Waals surface area contributed by atoms with Crippen molar-refractivity contribution in [2.24, 2.45) is 5.41 Å². The van der Waals surface area contributed by atoms with Gasteiger partial charge in [0.25, 0.3) is 5.91 Å². The van der Waals surface area contributed by atoms with Crippen molar-refractivity contribution in [1.29, 1.82) is 0 Å². The molecule has 0 spiro atoms. The summed E-state index contributed by atoms with van der Waals surface area (Å²) in [7, 11) is 0. The van der Waals surface area contributed by atoms with Gasteiger partial charge in [0.2, 0.25) is 5.91 Å². The van der Waals surface area contributed by atoms with Crippen LogP contribution >= 0.6 is 0 Å². The van der Waals surface area contributed by atoms with Crippen molar-refractivity contribution in [3.05, 3.63) is 84.1 Å². The molecular weight excluding hydrogens is 400 g/mol. The molecule has 1 fully saturated rings. The third kappa shape index (κ3) is 4.49. The molecule has 0 radical (unpaired) electrons. The van der Waals surface area contributed by atoms with Gasteiger partial charge in [-0.2, -0.15) is 0 Å². The largest absolute Gasteiger partial charge is 0.384 e. The normalized spacial score (nSPS) is 17.8. The number of carbonyl (C=O) groups is 2. The molecule has 1 aliphatic rings. The zero-order valence-corrected chi connectivity index (χ0v) is 18.3. The Labute approximate surface area is 188 Å². The van der Waals surface area contributed by atoms with E-state index in [0.29, 0.717) is 43.9 Å². The van der Waals surface area contributed by atoms with Crippen LogP contribution in [0.25, 0.3) is 11.1 Å². The number of amides is 2. The maximum atomic E-state index is 13.2. The number of nitrogens with two attached hydrogens (primary N) is 1. The summed E-state index contributed by atoms with van der Waals surface area (Å²) in [5, 5.41) is 3.00. The second-order valence-electron chi connectivity index (χ2n) is 8.33. The van der Waals surface area contributed by atoms with Crippen LogP contribution in [0, 0.1) is 5.41 Å². The molecule has 32 heavy (non-hydrogen) atoms. The molecule has 2 aromatic carbocycles. The molecule has 6 heteroatoms. The summed E-state index contributed by atoms with van der Waals surface area (Å²) in [6, 6.07) is 21.8. The average molecular weight is 429 g/mol. The van der Waals surface area contributed by atoms with Gasteiger partial charge < -0.3 is 16.0 Å². The lowest BCUT2D eigenvalue weighted by Gasteiger charge is -2.28. The number of aromatic nitrogens is 1. The van der Waals surface area contributed by atoms with Crippen LogP contribution in [0.5, 0.6) is 0 Å². The smallest absolute Gasteiger partial charge is 0.255 e. The summed E-state index contributed by atoms with van der Waals surface area (Å²) in [5.74, 6) is 0.246. The Balaban J connectivity index is 1.59. The Morgan fingerprint density at radius 1 is 1.06 bits per heavy atom. The Hall–Kier alpha value is -3.67. The summed E-state index contributed by atoms with van der Waals surface area (Å²) >= 11 is 0. The van der Waals surface area contributed by atoms with Crippen molar-refractivity contribution in [1.82, 2.24) is 15.2 Å². The van der Waals surface area contributed by atoms with Crippen molar-refractivity contribution in [3.63, 3.8) is 0 Å². The predicted octanol–water partition coefficient (Wildman–Crippen LogP) is 3.54. The Bertz CT molecular complexity index is 1100. The van der Waals surface area contributed by atoms with Crippen molar-refractivity contribution in [2.45, 2.75) is 19.8 Å². The molecule has 164 valence electrons. The van der Waals surface area contributed by atoms with Crippen molar-refractivity contribution < 1.29 is 9.59 Å². The fraction of sp³-hybridized carbons (Fsp3) is 0.269. The zero-order valence-electron chi connectivity index (χ0n) is 18.3. The molecule has 0 saturated carbocycles. The second-order valence-corrected chi connectivity index (χ2v) is 8.33. The van der Waals surface area contributed by atoms with E-state index in [-0.39, 0.29) is 11.8 Å². The molecule has 4 rings (SSSR count). The standard InChI is InChI=1S/C26H28N4O2/c1-2-28-25(32)26(13-14-30(18-26)24(31)22-11-12-23(27)29-17-22)16-19-7-6-10-21(15-19)20-8-4-3-5-9-20/h3-12,15,17H,2,13-14,16,18H2,1H3,(H2,27,29)(H,28,32)/t26-/m1/s1. The Kier molecular flexibility index (Phi) is 6.21.